The van der Waals surface area contributed by atoms with Crippen LogP contribution in [0.3, 0.4) is 0 Å². The van der Waals surface area contributed by atoms with Crippen LogP contribution in [0.15, 0.2) is 223 Å². The summed E-state index contributed by atoms with van der Waals surface area (Å²) in [4.78, 5) is 50.4. The number of carboxylic acid groups (broad SMARTS) is 1. The number of hydrogen-bond donors (Lipinski definition) is 6. The van der Waals surface area contributed by atoms with Crippen LogP contribution in [0, 0.1) is 20.2 Å². The minimum atomic E-state index is -1.11. The Hall–Kier alpha value is -10.4. The molecule has 612 valence electrons. The zero-order valence-electron chi connectivity index (χ0n) is 58.6. The van der Waals surface area contributed by atoms with Crippen molar-refractivity contribution in [2.45, 2.75) is 60.5 Å². The summed E-state index contributed by atoms with van der Waals surface area (Å²) in [7, 11) is 0. The van der Waals surface area contributed by atoms with E-state index in [9.17, 15) is 29.8 Å². The van der Waals surface area contributed by atoms with Gasteiger partial charge in [-0.15, -0.1) is 24.8 Å². The van der Waals surface area contributed by atoms with Gasteiger partial charge in [0.15, 0.2) is 22.9 Å². The number of aliphatic hydroxyl groups is 1. The van der Waals surface area contributed by atoms with E-state index in [1.54, 1.807) is 167 Å². The summed E-state index contributed by atoms with van der Waals surface area (Å²) in [5.74, 6) is -0.769. The van der Waals surface area contributed by atoms with E-state index in [0.29, 0.717) is 128 Å². The number of nitro groups is 2. The van der Waals surface area contributed by atoms with E-state index < -0.39 is 21.7 Å². The molecule has 1 saturated heterocycles. The van der Waals surface area contributed by atoms with Crippen LogP contribution >= 0.6 is 141 Å². The maximum Gasteiger partial charge on any atom is 0.358 e. The summed E-state index contributed by atoms with van der Waals surface area (Å²) in [6.45, 7) is 3.61. The molecule has 42 heteroatoms. The first kappa shape index (κ1) is 98.0. The Morgan fingerprint density at radius 2 is 0.845 bits per heavy atom. The van der Waals surface area contributed by atoms with Crippen LogP contribution in [-0.4, -0.2) is 115 Å². The van der Waals surface area contributed by atoms with Crippen LogP contribution in [0.25, 0.3) is 22.9 Å². The summed E-state index contributed by atoms with van der Waals surface area (Å²) in [5.41, 5.74) is 17.7. The van der Waals surface area contributed by atoms with Gasteiger partial charge < -0.3 is 40.8 Å². The van der Waals surface area contributed by atoms with Crippen LogP contribution in [0.5, 0.6) is 0 Å². The zero-order valence-corrected chi connectivity index (χ0v) is 67.8. The normalized spacial score (nSPS) is 10.6. The van der Waals surface area contributed by atoms with Crippen LogP contribution in [0.2, 0.25) is 50.2 Å². The molecule has 0 unspecified atom stereocenters. The highest BCUT2D eigenvalue weighted by molar-refractivity contribution is 6.38. The monoisotopic (exact) mass is 1820 g/mol. The van der Waals surface area contributed by atoms with Crippen molar-refractivity contribution < 1.29 is 43.4 Å². The van der Waals surface area contributed by atoms with E-state index in [0.717, 1.165) is 36.1 Å². The lowest BCUT2D eigenvalue weighted by Gasteiger charge is -2.06. The molecule has 0 aliphatic carbocycles. The molecule has 8 N–H and O–H groups in total. The lowest BCUT2D eigenvalue weighted by atomic mass is 10.2. The number of carboxylic acids is 1. The number of carbonyl (C=O) groups excluding carboxylic acids is 1. The number of hydrogen-bond acceptors (Lipinski definition) is 21. The number of amides is 1. The SMILES string of the molecule is C.C.C1CCOC1.Cl.Cl.Nc1cnn(Cc2c(Cl)cccc2Cl)c1.Nc1cnn(Cc2c(Cl)cccc2Cl)c1.O=C(Nc1cnn(Cc2c(Cl)cccc2Cl)c1)c1cc(-c2ccccn2)on1.O=C(O)c1cc(-c2ccccn2)on1.O=[N+]([O-])c1cn[nH]c1.O=[N+]([O-])c1cnn(Cc2c(Cl)cccc2Cl)c1.OCc1c(Cl)cccc1Cl. The number of nitrogens with zero attached hydrogens (tertiary/aromatic N) is 15. The average molecular weight is 1830 g/mol. The molecule has 1 fully saturated rings. The van der Waals surface area contributed by atoms with Gasteiger partial charge in [-0.05, 0) is 97.8 Å². The molecule has 30 nitrogen and oxygen atoms in total. The highest BCUT2D eigenvalue weighted by Gasteiger charge is 2.18. The van der Waals surface area contributed by atoms with Crippen molar-refractivity contribution in [1.82, 2.24) is 69.6 Å². The molecule has 0 bridgehead atoms. The van der Waals surface area contributed by atoms with Gasteiger partial charge in [0.25, 0.3) is 5.91 Å². The number of aromatic nitrogens is 14. The largest absolute Gasteiger partial charge is 0.476 e. The Morgan fingerprint density at radius 1 is 0.483 bits per heavy atom. The van der Waals surface area contributed by atoms with Crippen molar-refractivity contribution in [1.29, 1.82) is 0 Å². The van der Waals surface area contributed by atoms with Crippen LogP contribution in [0.1, 0.15) is 76.5 Å². The Bertz CT molecular complexity index is 5160. The summed E-state index contributed by atoms with van der Waals surface area (Å²) in [6, 6.07) is 39.9. The predicted octanol–water partition coefficient (Wildman–Crippen LogP) is 20.5. The fraction of sp³-hybridized carbons (Fsp3) is 0.149. The Labute approximate surface area is 725 Å². The molecule has 0 radical (unpaired) electrons. The van der Waals surface area contributed by atoms with E-state index in [2.05, 4.69) is 56.2 Å². The molecule has 1 aliphatic rings. The van der Waals surface area contributed by atoms with E-state index >= 15 is 0 Å². The molecule has 1 aliphatic heterocycles. The first-order valence-corrected chi connectivity index (χ1v) is 36.1. The zero-order chi connectivity index (χ0) is 80.6. The van der Waals surface area contributed by atoms with Gasteiger partial charge in [0, 0.05) is 134 Å². The average Bonchev–Trinajstić information content (AvgIpc) is 1.77. The predicted molar refractivity (Wildman–Crippen MR) is 457 cm³/mol. The quantitative estimate of drug-likeness (QED) is 0.0386. The second-order valence-electron chi connectivity index (χ2n) is 22.6. The van der Waals surface area contributed by atoms with Gasteiger partial charge >= 0.3 is 17.3 Å². The topological polar surface area (TPSA) is 412 Å². The minimum Gasteiger partial charge on any atom is -0.476 e. The summed E-state index contributed by atoms with van der Waals surface area (Å²) in [5, 5.41) is 75.2. The molecule has 14 aromatic rings. The number of aromatic carboxylic acids is 1. The number of aliphatic hydroxyl groups excluding tert-OH is 1. The second kappa shape index (κ2) is 50.2. The molecule has 1 amide bonds. The van der Waals surface area contributed by atoms with Crippen molar-refractivity contribution >= 4 is 181 Å². The summed E-state index contributed by atoms with van der Waals surface area (Å²) < 4.78 is 21.4. The molecule has 116 heavy (non-hydrogen) atoms. The fourth-order valence-electron chi connectivity index (χ4n) is 9.11. The van der Waals surface area contributed by atoms with Gasteiger partial charge in [0.2, 0.25) is 0 Å². The summed E-state index contributed by atoms with van der Waals surface area (Å²) in [6.07, 6.45) is 20.5. The first-order valence-electron chi connectivity index (χ1n) is 32.4. The number of H-pyrrole nitrogens is 1. The number of ether oxygens (including phenoxy) is 1. The van der Waals surface area contributed by atoms with Gasteiger partial charge in [-0.25, -0.2) is 4.79 Å². The number of pyridine rings is 2. The number of nitrogens with two attached hydrogens (primary N) is 2. The molecule has 0 spiro atoms. The molecule has 9 aromatic heterocycles. The molecule has 5 aromatic carbocycles. The van der Waals surface area contributed by atoms with Crippen LogP contribution < -0.4 is 16.8 Å². The lowest BCUT2D eigenvalue weighted by Crippen LogP contribution is -2.11. The second-order valence-corrected chi connectivity index (χ2v) is 26.6. The van der Waals surface area contributed by atoms with Crippen molar-refractivity contribution in [2.75, 3.05) is 30.0 Å². The number of halogens is 12. The summed E-state index contributed by atoms with van der Waals surface area (Å²) >= 11 is 59.8. The fourth-order valence-corrected chi connectivity index (χ4v) is 11.7. The number of nitrogen functional groups attached to an aromatic ring is 2. The lowest BCUT2D eigenvalue weighted by molar-refractivity contribution is -0.385. The number of anilines is 3. The van der Waals surface area contributed by atoms with E-state index in [4.69, 9.17) is 151 Å². The van der Waals surface area contributed by atoms with Gasteiger partial charge in [-0.2, -0.15) is 25.5 Å². The molecule has 0 saturated carbocycles. The Kier molecular flexibility index (Phi) is 42.4. The number of rotatable bonds is 16. The standard InChI is InChI=1S/C19H13Cl2N5O2.C10H7Cl2N3O2.2C10H9Cl2N3.C9H6N2O3.C7H6Cl2O.C4H8O.C3H3N3O2.2CH4.2ClH/c20-14-4-3-5-15(21)13(14)11-26-10-12(9-23-26)24-19(27)17-8-18(28-25-17)16-6-1-2-7-22-16;11-9-2-1-3-10(12)8(9)6-14-5-7(4-13-14)15(16)17;2*11-9-2-1-3-10(12)8(9)6-15-5-7(13)4-14-15;12-9(13)7-5-8(14-11-7)6-3-1-2-4-10-6;8-6-2-1-3-7(9)5(6)4-10;1-2-4-5-3-1;7-6(8)3-1-4-5-2-3;;;;/h1-10H,11H2,(H,24,27);1-5H,6H2;2*1-5H,6,13H2;1-5H,(H,12,13);1-3,10H,4H2;1-4H2;1-2H,(H,4,5);2*1H4;2*1H. The highest BCUT2D eigenvalue weighted by atomic mass is 35.5. The number of aromatic amines is 1. The van der Waals surface area contributed by atoms with E-state index in [-0.39, 0.29) is 69.0 Å². The highest BCUT2D eigenvalue weighted by Crippen LogP contribution is 2.30. The Morgan fingerprint density at radius 3 is 1.14 bits per heavy atom. The number of carbonyl (C=O) groups is 2. The van der Waals surface area contributed by atoms with Gasteiger partial charge in [-0.3, -0.25) is 58.8 Å². The van der Waals surface area contributed by atoms with Crippen molar-refractivity contribution in [3.63, 3.8) is 0 Å². The number of nitrogens with one attached hydrogen (secondary N) is 2. The smallest absolute Gasteiger partial charge is 0.358 e. The Balaban J connectivity index is 0.000000288. The molecular formula is C74H71Cl12N19O11. The van der Waals surface area contributed by atoms with Gasteiger partial charge in [0.1, 0.15) is 30.0 Å². The van der Waals surface area contributed by atoms with Crippen molar-refractivity contribution in [3.8, 4) is 22.9 Å². The van der Waals surface area contributed by atoms with Gasteiger partial charge in [0.05, 0.1) is 84.5 Å². The number of benzene rings is 5. The third-order valence-electron chi connectivity index (χ3n) is 14.6. The molecule has 15 rings (SSSR count). The molecule has 10 heterocycles. The van der Waals surface area contributed by atoms with Crippen LogP contribution in [-0.2, 0) is 37.5 Å². The molecular weight excluding hydrogens is 1760 g/mol. The van der Waals surface area contributed by atoms with Crippen LogP contribution in [0.4, 0.5) is 28.4 Å². The van der Waals surface area contributed by atoms with Crippen molar-refractivity contribution in [3.05, 3.63) is 324 Å². The van der Waals surface area contributed by atoms with E-state index in [1.807, 2.05) is 18.2 Å². The van der Waals surface area contributed by atoms with Crippen molar-refractivity contribution in [2.24, 2.45) is 0 Å². The van der Waals surface area contributed by atoms with Gasteiger partial charge in [-0.1, -0.05) is 184 Å². The third-order valence-corrected chi connectivity index (χ3v) is 18.1. The third kappa shape index (κ3) is 31.0. The molecule has 0 atom stereocenters. The first-order chi connectivity index (χ1) is 53.8. The van der Waals surface area contributed by atoms with E-state index in [1.165, 1.54) is 54.4 Å². The minimum absolute atomic E-state index is 0. The maximum absolute atomic E-state index is 12.4. The maximum atomic E-state index is 12.4.